The summed E-state index contributed by atoms with van der Waals surface area (Å²) in [6.07, 6.45) is 0.866. The van der Waals surface area contributed by atoms with Crippen molar-refractivity contribution in [2.75, 3.05) is 18.5 Å². The molecule has 0 heterocycles. The fourth-order valence-corrected chi connectivity index (χ4v) is 1.56. The normalized spacial score (nSPS) is 10.1. The Morgan fingerprint density at radius 1 is 1.56 bits per heavy atom. The molecular weight excluding hydrogens is 272 g/mol. The van der Waals surface area contributed by atoms with Crippen LogP contribution in [0, 0.1) is 0 Å². The number of benzene rings is 1. The van der Waals surface area contributed by atoms with Crippen LogP contribution in [0.25, 0.3) is 0 Å². The number of hydrogen-bond acceptors (Lipinski definition) is 3. The van der Waals surface area contributed by atoms with E-state index >= 15 is 0 Å². The van der Waals surface area contributed by atoms with E-state index in [1.54, 1.807) is 18.2 Å². The van der Waals surface area contributed by atoms with Crippen molar-refractivity contribution in [3.05, 3.63) is 28.8 Å². The fourth-order valence-electron chi connectivity index (χ4n) is 1.27. The van der Waals surface area contributed by atoms with Gasteiger partial charge in [-0.3, -0.25) is 4.79 Å². The number of nitrogens with two attached hydrogens (primary N) is 1. The second-order valence-electron chi connectivity index (χ2n) is 3.66. The summed E-state index contributed by atoms with van der Waals surface area (Å²) in [4.78, 5) is 11.8. The molecule has 0 aromatic heterocycles. The summed E-state index contributed by atoms with van der Waals surface area (Å²) in [5, 5.41) is 3.08. The summed E-state index contributed by atoms with van der Waals surface area (Å²) >= 11 is 10.8. The topological polar surface area (TPSA) is 64.3 Å². The van der Waals surface area contributed by atoms with E-state index in [9.17, 15) is 4.79 Å². The van der Waals surface area contributed by atoms with Crippen LogP contribution in [0.3, 0.4) is 0 Å². The molecule has 1 aromatic carbocycles. The Bertz CT molecular complexity index is 452. The first-order valence-corrected chi connectivity index (χ1v) is 6.30. The van der Waals surface area contributed by atoms with E-state index in [1.165, 1.54) is 0 Å². The van der Waals surface area contributed by atoms with Crippen molar-refractivity contribution in [1.82, 2.24) is 0 Å². The second-order valence-corrected chi connectivity index (χ2v) is 4.51. The first kappa shape index (κ1) is 14.9. The summed E-state index contributed by atoms with van der Waals surface area (Å²) in [5.41, 5.74) is 6.64. The first-order chi connectivity index (χ1) is 8.54. The number of ether oxygens (including phenoxy) is 1. The van der Waals surface area contributed by atoms with Gasteiger partial charge in [0.25, 0.3) is 0 Å². The van der Waals surface area contributed by atoms with Gasteiger partial charge in [0, 0.05) is 12.2 Å². The number of rotatable bonds is 6. The number of nitrogens with one attached hydrogen (secondary N) is 1. The van der Waals surface area contributed by atoms with Gasteiger partial charge in [0.2, 0.25) is 5.91 Å². The molecule has 0 unspecified atom stereocenters. The highest BCUT2D eigenvalue weighted by Gasteiger charge is 2.08. The average molecular weight is 287 g/mol. The molecule has 0 spiro atoms. The number of anilines is 1. The SMILES string of the molecule is CCCOCC(=O)Nc1cc(C(N)=S)ccc1Cl. The zero-order chi connectivity index (χ0) is 13.5. The van der Waals surface area contributed by atoms with E-state index in [0.29, 0.717) is 22.9 Å². The van der Waals surface area contributed by atoms with Gasteiger partial charge >= 0.3 is 0 Å². The maximum Gasteiger partial charge on any atom is 0.250 e. The molecule has 0 fully saturated rings. The smallest absolute Gasteiger partial charge is 0.250 e. The van der Waals surface area contributed by atoms with E-state index in [1.807, 2.05) is 6.92 Å². The highest BCUT2D eigenvalue weighted by Crippen LogP contribution is 2.23. The fraction of sp³-hybridized carbons (Fsp3) is 0.333. The lowest BCUT2D eigenvalue weighted by Gasteiger charge is -2.09. The maximum absolute atomic E-state index is 11.6. The zero-order valence-electron chi connectivity index (χ0n) is 10.0. The van der Waals surface area contributed by atoms with Crippen LogP contribution in [-0.2, 0) is 9.53 Å². The molecule has 1 amide bonds. The van der Waals surface area contributed by atoms with Gasteiger partial charge in [-0.05, 0) is 18.6 Å². The van der Waals surface area contributed by atoms with Crippen molar-refractivity contribution < 1.29 is 9.53 Å². The Morgan fingerprint density at radius 2 is 2.28 bits per heavy atom. The molecule has 0 aliphatic rings. The van der Waals surface area contributed by atoms with Crippen LogP contribution >= 0.6 is 23.8 Å². The lowest BCUT2D eigenvalue weighted by molar-refractivity contribution is -0.120. The summed E-state index contributed by atoms with van der Waals surface area (Å²) in [6, 6.07) is 4.98. The third kappa shape index (κ3) is 4.60. The molecule has 0 atom stereocenters. The minimum atomic E-state index is -0.259. The van der Waals surface area contributed by atoms with E-state index in [-0.39, 0.29) is 17.5 Å². The molecule has 0 saturated heterocycles. The zero-order valence-corrected chi connectivity index (χ0v) is 11.6. The first-order valence-electron chi connectivity index (χ1n) is 5.51. The van der Waals surface area contributed by atoms with Crippen LogP contribution in [0.5, 0.6) is 0 Å². The number of carbonyl (C=O) groups is 1. The van der Waals surface area contributed by atoms with Crippen LogP contribution in [0.15, 0.2) is 18.2 Å². The van der Waals surface area contributed by atoms with Crippen molar-refractivity contribution in [3.8, 4) is 0 Å². The van der Waals surface area contributed by atoms with Crippen LogP contribution in [-0.4, -0.2) is 24.1 Å². The molecular formula is C12H15ClN2O2S. The van der Waals surface area contributed by atoms with Gasteiger partial charge in [0.1, 0.15) is 11.6 Å². The molecule has 0 bridgehead atoms. The molecule has 0 saturated carbocycles. The average Bonchev–Trinajstić information content (AvgIpc) is 2.32. The van der Waals surface area contributed by atoms with Gasteiger partial charge < -0.3 is 15.8 Å². The Labute approximate surface area is 116 Å². The van der Waals surface area contributed by atoms with E-state index in [0.717, 1.165) is 6.42 Å². The third-order valence-corrected chi connectivity index (χ3v) is 2.67. The standard InChI is InChI=1S/C12H15ClN2O2S/c1-2-5-17-7-11(16)15-10-6-8(12(14)18)3-4-9(10)13/h3-4,6H,2,5,7H2,1H3,(H2,14,18)(H,15,16). The molecule has 1 rings (SSSR count). The number of carbonyl (C=O) groups excluding carboxylic acids is 1. The van der Waals surface area contributed by atoms with Crippen molar-refractivity contribution in [3.63, 3.8) is 0 Å². The number of halogens is 1. The van der Waals surface area contributed by atoms with Gasteiger partial charge in [-0.1, -0.05) is 36.8 Å². The molecule has 98 valence electrons. The molecule has 0 radical (unpaired) electrons. The van der Waals surface area contributed by atoms with Gasteiger partial charge in [0.15, 0.2) is 0 Å². The van der Waals surface area contributed by atoms with Crippen LogP contribution in [0.2, 0.25) is 5.02 Å². The van der Waals surface area contributed by atoms with Gasteiger partial charge in [-0.15, -0.1) is 0 Å². The quantitative estimate of drug-likeness (QED) is 0.622. The molecule has 18 heavy (non-hydrogen) atoms. The largest absolute Gasteiger partial charge is 0.389 e. The number of thiocarbonyl (C=S) groups is 1. The highest BCUT2D eigenvalue weighted by molar-refractivity contribution is 7.80. The predicted molar refractivity (Wildman–Crippen MR) is 77.1 cm³/mol. The van der Waals surface area contributed by atoms with Crippen LogP contribution in [0.4, 0.5) is 5.69 Å². The Morgan fingerprint density at radius 3 is 2.89 bits per heavy atom. The number of hydrogen-bond donors (Lipinski definition) is 2. The number of amides is 1. The van der Waals surface area contributed by atoms with E-state index < -0.39 is 0 Å². The maximum atomic E-state index is 11.6. The molecule has 0 aliphatic carbocycles. The summed E-state index contributed by atoms with van der Waals surface area (Å²) in [6.45, 7) is 2.52. The van der Waals surface area contributed by atoms with Gasteiger partial charge in [-0.2, -0.15) is 0 Å². The summed E-state index contributed by atoms with van der Waals surface area (Å²) < 4.78 is 5.13. The Kier molecular flexibility index (Phi) is 6.04. The molecule has 1 aromatic rings. The van der Waals surface area contributed by atoms with E-state index in [4.69, 9.17) is 34.3 Å². The van der Waals surface area contributed by atoms with Crippen LogP contribution < -0.4 is 11.1 Å². The Balaban J connectivity index is 2.68. The molecule has 6 heteroatoms. The van der Waals surface area contributed by atoms with Gasteiger partial charge in [0.05, 0.1) is 10.7 Å². The minimum Gasteiger partial charge on any atom is -0.389 e. The molecule has 3 N–H and O–H groups in total. The summed E-state index contributed by atoms with van der Waals surface area (Å²) in [7, 11) is 0. The van der Waals surface area contributed by atoms with Crippen molar-refractivity contribution in [2.45, 2.75) is 13.3 Å². The monoisotopic (exact) mass is 286 g/mol. The predicted octanol–water partition coefficient (Wildman–Crippen LogP) is 2.34. The third-order valence-electron chi connectivity index (χ3n) is 2.11. The molecule has 4 nitrogen and oxygen atoms in total. The lowest BCUT2D eigenvalue weighted by Crippen LogP contribution is -2.19. The van der Waals surface area contributed by atoms with Crippen LogP contribution in [0.1, 0.15) is 18.9 Å². The van der Waals surface area contributed by atoms with Gasteiger partial charge in [-0.25, -0.2) is 0 Å². The Hall–Kier alpha value is -1.17. The van der Waals surface area contributed by atoms with Crippen molar-refractivity contribution in [1.29, 1.82) is 0 Å². The lowest BCUT2D eigenvalue weighted by atomic mass is 10.2. The van der Waals surface area contributed by atoms with E-state index in [2.05, 4.69) is 5.32 Å². The molecule has 0 aliphatic heterocycles. The van der Waals surface area contributed by atoms with Crippen molar-refractivity contribution >= 4 is 40.4 Å². The minimum absolute atomic E-state index is 0.00146. The second kappa shape index (κ2) is 7.31. The van der Waals surface area contributed by atoms with Crippen molar-refractivity contribution in [2.24, 2.45) is 5.73 Å². The highest BCUT2D eigenvalue weighted by atomic mass is 35.5. The summed E-state index contributed by atoms with van der Waals surface area (Å²) in [5.74, 6) is -0.259.